The van der Waals surface area contributed by atoms with E-state index in [9.17, 15) is 4.79 Å². The van der Waals surface area contributed by atoms with Gasteiger partial charge in [-0.25, -0.2) is 0 Å². The molecular formula is C22H29NO2. The van der Waals surface area contributed by atoms with Crippen molar-refractivity contribution in [2.45, 2.75) is 53.2 Å². The second-order valence-electron chi connectivity index (χ2n) is 7.12. The SMILES string of the molecule is Cc1cccc(COc2ccccc2C(=O)NC(C)CCC(C)C)c1. The monoisotopic (exact) mass is 339 g/mol. The van der Waals surface area contributed by atoms with E-state index in [1.807, 2.05) is 36.4 Å². The van der Waals surface area contributed by atoms with Gasteiger partial charge >= 0.3 is 0 Å². The third-order valence-electron chi connectivity index (χ3n) is 4.16. The zero-order valence-corrected chi connectivity index (χ0v) is 15.7. The van der Waals surface area contributed by atoms with Crippen molar-refractivity contribution < 1.29 is 9.53 Å². The van der Waals surface area contributed by atoms with Gasteiger partial charge in [-0.1, -0.05) is 55.8 Å². The number of carbonyl (C=O) groups is 1. The number of ether oxygens (including phenoxy) is 1. The summed E-state index contributed by atoms with van der Waals surface area (Å²) in [7, 11) is 0. The van der Waals surface area contributed by atoms with Gasteiger partial charge < -0.3 is 10.1 Å². The van der Waals surface area contributed by atoms with Crippen LogP contribution in [0.15, 0.2) is 48.5 Å². The molecule has 0 saturated carbocycles. The van der Waals surface area contributed by atoms with Crippen LogP contribution in [0.4, 0.5) is 0 Å². The highest BCUT2D eigenvalue weighted by Gasteiger charge is 2.15. The van der Waals surface area contributed by atoms with Gasteiger partial charge in [-0.15, -0.1) is 0 Å². The van der Waals surface area contributed by atoms with Crippen molar-refractivity contribution in [1.82, 2.24) is 5.32 Å². The third-order valence-corrected chi connectivity index (χ3v) is 4.16. The summed E-state index contributed by atoms with van der Waals surface area (Å²) < 4.78 is 5.92. The van der Waals surface area contributed by atoms with Crippen molar-refractivity contribution in [3.63, 3.8) is 0 Å². The minimum Gasteiger partial charge on any atom is -0.488 e. The predicted octanol–water partition coefficient (Wildman–Crippen LogP) is 5.13. The van der Waals surface area contributed by atoms with Crippen molar-refractivity contribution in [3.05, 3.63) is 65.2 Å². The molecule has 0 fully saturated rings. The van der Waals surface area contributed by atoms with Crippen LogP contribution in [0, 0.1) is 12.8 Å². The van der Waals surface area contributed by atoms with Crippen LogP contribution >= 0.6 is 0 Å². The van der Waals surface area contributed by atoms with Gasteiger partial charge in [-0.2, -0.15) is 0 Å². The highest BCUT2D eigenvalue weighted by molar-refractivity contribution is 5.97. The number of carbonyl (C=O) groups excluding carboxylic acids is 1. The average Bonchev–Trinajstić information content (AvgIpc) is 2.58. The van der Waals surface area contributed by atoms with Gasteiger partial charge in [-0.05, 0) is 50.3 Å². The smallest absolute Gasteiger partial charge is 0.255 e. The second kappa shape index (κ2) is 9.26. The lowest BCUT2D eigenvalue weighted by atomic mass is 10.0. The Morgan fingerprint density at radius 2 is 1.80 bits per heavy atom. The number of nitrogens with one attached hydrogen (secondary N) is 1. The van der Waals surface area contributed by atoms with E-state index in [0.29, 0.717) is 23.8 Å². The minimum atomic E-state index is -0.0731. The molecule has 0 aliphatic carbocycles. The Labute approximate surface area is 151 Å². The van der Waals surface area contributed by atoms with E-state index in [4.69, 9.17) is 4.74 Å². The van der Waals surface area contributed by atoms with Crippen LogP contribution in [-0.2, 0) is 6.61 Å². The normalized spacial score (nSPS) is 12.0. The number of hydrogen-bond donors (Lipinski definition) is 1. The Hall–Kier alpha value is -2.29. The predicted molar refractivity (Wildman–Crippen MR) is 103 cm³/mol. The van der Waals surface area contributed by atoms with Crippen LogP contribution in [0.1, 0.15) is 55.1 Å². The summed E-state index contributed by atoms with van der Waals surface area (Å²) in [6.07, 6.45) is 2.09. The first-order valence-electron chi connectivity index (χ1n) is 9.04. The van der Waals surface area contributed by atoms with Gasteiger partial charge in [0.2, 0.25) is 0 Å². The molecule has 0 saturated heterocycles. The molecule has 1 atom stereocenters. The molecule has 2 aromatic carbocycles. The number of rotatable bonds is 8. The molecule has 1 amide bonds. The zero-order valence-electron chi connectivity index (χ0n) is 15.7. The molecule has 2 aromatic rings. The maximum atomic E-state index is 12.6. The van der Waals surface area contributed by atoms with Crippen LogP contribution in [0.25, 0.3) is 0 Å². The highest BCUT2D eigenvalue weighted by atomic mass is 16.5. The largest absolute Gasteiger partial charge is 0.488 e. The molecule has 134 valence electrons. The molecule has 0 aliphatic rings. The molecule has 1 unspecified atom stereocenters. The van der Waals surface area contributed by atoms with E-state index in [-0.39, 0.29) is 11.9 Å². The molecule has 3 nitrogen and oxygen atoms in total. The van der Waals surface area contributed by atoms with E-state index < -0.39 is 0 Å². The van der Waals surface area contributed by atoms with Crippen molar-refractivity contribution >= 4 is 5.91 Å². The van der Waals surface area contributed by atoms with Crippen LogP contribution in [0.2, 0.25) is 0 Å². The molecule has 0 aromatic heterocycles. The molecule has 0 aliphatic heterocycles. The minimum absolute atomic E-state index is 0.0731. The van der Waals surface area contributed by atoms with E-state index in [2.05, 4.69) is 45.1 Å². The fourth-order valence-electron chi connectivity index (χ4n) is 2.70. The van der Waals surface area contributed by atoms with Gasteiger partial charge in [0.05, 0.1) is 5.56 Å². The lowest BCUT2D eigenvalue weighted by molar-refractivity contribution is 0.0932. The van der Waals surface area contributed by atoms with Crippen molar-refractivity contribution in [2.75, 3.05) is 0 Å². The quantitative estimate of drug-likeness (QED) is 0.724. The average molecular weight is 339 g/mol. The number of amides is 1. The fraction of sp³-hybridized carbons (Fsp3) is 0.409. The van der Waals surface area contributed by atoms with Crippen LogP contribution in [0.3, 0.4) is 0 Å². The van der Waals surface area contributed by atoms with Gasteiger partial charge in [0, 0.05) is 6.04 Å². The molecule has 2 rings (SSSR count). The molecule has 0 radical (unpaired) electrons. The molecule has 1 N–H and O–H groups in total. The summed E-state index contributed by atoms with van der Waals surface area (Å²) in [5.41, 5.74) is 2.89. The van der Waals surface area contributed by atoms with Crippen LogP contribution < -0.4 is 10.1 Å². The molecule has 0 spiro atoms. The summed E-state index contributed by atoms with van der Waals surface area (Å²) >= 11 is 0. The summed E-state index contributed by atoms with van der Waals surface area (Å²) in [5, 5.41) is 3.08. The summed E-state index contributed by atoms with van der Waals surface area (Å²) in [4.78, 5) is 12.6. The van der Waals surface area contributed by atoms with Gasteiger partial charge in [0.25, 0.3) is 5.91 Å². The lowest BCUT2D eigenvalue weighted by Gasteiger charge is -2.17. The van der Waals surface area contributed by atoms with Gasteiger partial charge in [0.1, 0.15) is 12.4 Å². The van der Waals surface area contributed by atoms with E-state index in [0.717, 1.165) is 18.4 Å². The third kappa shape index (κ3) is 6.26. The van der Waals surface area contributed by atoms with E-state index >= 15 is 0 Å². The number of aryl methyl sites for hydroxylation is 1. The molecule has 3 heteroatoms. The highest BCUT2D eigenvalue weighted by Crippen LogP contribution is 2.20. The Bertz CT molecular complexity index is 694. The Kier molecular flexibility index (Phi) is 7.05. The van der Waals surface area contributed by atoms with Crippen molar-refractivity contribution in [2.24, 2.45) is 5.92 Å². The maximum absolute atomic E-state index is 12.6. The number of benzene rings is 2. The summed E-state index contributed by atoms with van der Waals surface area (Å²) in [6, 6.07) is 15.8. The summed E-state index contributed by atoms with van der Waals surface area (Å²) in [6.45, 7) is 8.96. The summed E-state index contributed by atoms with van der Waals surface area (Å²) in [5.74, 6) is 1.19. The first-order chi connectivity index (χ1) is 12.0. The van der Waals surface area contributed by atoms with Crippen molar-refractivity contribution in [3.8, 4) is 5.75 Å². The molecular weight excluding hydrogens is 310 g/mol. The van der Waals surface area contributed by atoms with E-state index in [1.165, 1.54) is 5.56 Å². The first-order valence-corrected chi connectivity index (χ1v) is 9.04. The molecule has 25 heavy (non-hydrogen) atoms. The Balaban J connectivity index is 2.00. The van der Waals surface area contributed by atoms with Crippen molar-refractivity contribution in [1.29, 1.82) is 0 Å². The second-order valence-corrected chi connectivity index (χ2v) is 7.12. The molecule has 0 bridgehead atoms. The van der Waals surface area contributed by atoms with E-state index in [1.54, 1.807) is 0 Å². The Morgan fingerprint density at radius 3 is 2.52 bits per heavy atom. The first kappa shape index (κ1) is 19.0. The Morgan fingerprint density at radius 1 is 1.04 bits per heavy atom. The fourth-order valence-corrected chi connectivity index (χ4v) is 2.70. The zero-order chi connectivity index (χ0) is 18.2. The topological polar surface area (TPSA) is 38.3 Å². The standard InChI is InChI=1S/C22H29NO2/c1-16(2)12-13-18(4)23-22(24)20-10-5-6-11-21(20)25-15-19-9-7-8-17(3)14-19/h5-11,14,16,18H,12-13,15H2,1-4H3,(H,23,24). The maximum Gasteiger partial charge on any atom is 0.255 e. The van der Waals surface area contributed by atoms with Gasteiger partial charge in [0.15, 0.2) is 0 Å². The number of para-hydroxylation sites is 1. The van der Waals surface area contributed by atoms with Crippen LogP contribution in [-0.4, -0.2) is 11.9 Å². The number of hydrogen-bond acceptors (Lipinski definition) is 2. The lowest BCUT2D eigenvalue weighted by Crippen LogP contribution is -2.33. The van der Waals surface area contributed by atoms with Gasteiger partial charge in [-0.3, -0.25) is 4.79 Å². The van der Waals surface area contributed by atoms with Crippen LogP contribution in [0.5, 0.6) is 5.75 Å². The molecule has 0 heterocycles.